The average Bonchev–Trinajstić information content (AvgIpc) is 2.78. The van der Waals surface area contributed by atoms with Gasteiger partial charge in [0, 0.05) is 11.8 Å². The lowest BCUT2D eigenvalue weighted by atomic mass is 10.1. The highest BCUT2D eigenvalue weighted by Crippen LogP contribution is 2.24. The molecular formula is C15H13N3O. The van der Waals surface area contributed by atoms with Crippen LogP contribution in [0.4, 0.5) is 0 Å². The van der Waals surface area contributed by atoms with E-state index in [1.165, 1.54) is 0 Å². The molecule has 1 aromatic carbocycles. The van der Waals surface area contributed by atoms with E-state index in [4.69, 9.17) is 5.73 Å². The number of carbonyl (C=O) groups is 1. The summed E-state index contributed by atoms with van der Waals surface area (Å²) in [6, 6.07) is 13.4. The van der Waals surface area contributed by atoms with E-state index < -0.39 is 5.91 Å². The lowest BCUT2D eigenvalue weighted by Crippen LogP contribution is -2.15. The Morgan fingerprint density at radius 3 is 2.58 bits per heavy atom. The van der Waals surface area contributed by atoms with Crippen LogP contribution >= 0.6 is 0 Å². The van der Waals surface area contributed by atoms with Crippen molar-refractivity contribution in [2.75, 3.05) is 0 Å². The first-order valence-corrected chi connectivity index (χ1v) is 6.01. The van der Waals surface area contributed by atoms with Crippen LogP contribution in [-0.2, 0) is 0 Å². The van der Waals surface area contributed by atoms with E-state index >= 15 is 0 Å². The third-order valence-corrected chi connectivity index (χ3v) is 3.05. The van der Waals surface area contributed by atoms with E-state index in [0.717, 1.165) is 16.8 Å². The van der Waals surface area contributed by atoms with Crippen LogP contribution in [-0.4, -0.2) is 15.3 Å². The minimum atomic E-state index is -0.475. The molecule has 0 aliphatic heterocycles. The van der Waals surface area contributed by atoms with Crippen LogP contribution in [0.25, 0.3) is 16.9 Å². The molecule has 0 aliphatic carbocycles. The highest BCUT2D eigenvalue weighted by molar-refractivity contribution is 5.98. The molecule has 0 saturated heterocycles. The van der Waals surface area contributed by atoms with Gasteiger partial charge >= 0.3 is 0 Å². The van der Waals surface area contributed by atoms with Gasteiger partial charge in [-0.3, -0.25) is 9.20 Å². The molecule has 4 heteroatoms. The molecule has 0 aliphatic rings. The standard InChI is InChI=1S/C15H13N3O/c1-10-7-8-12-17-13(11-5-3-2-4-6-11)14(15(16)19)18(12)9-10/h2-9H,1H3,(H2,16,19). The Morgan fingerprint density at radius 2 is 1.89 bits per heavy atom. The number of fused-ring (bicyclic) bond motifs is 1. The number of hydrogen-bond donors (Lipinski definition) is 1. The summed E-state index contributed by atoms with van der Waals surface area (Å²) in [6.07, 6.45) is 1.87. The number of amides is 1. The summed E-state index contributed by atoms with van der Waals surface area (Å²) in [5.74, 6) is -0.475. The number of hydrogen-bond acceptors (Lipinski definition) is 2. The smallest absolute Gasteiger partial charge is 0.268 e. The van der Waals surface area contributed by atoms with E-state index in [1.807, 2.05) is 55.6 Å². The van der Waals surface area contributed by atoms with Gasteiger partial charge in [-0.05, 0) is 18.6 Å². The van der Waals surface area contributed by atoms with Crippen LogP contribution in [0.1, 0.15) is 16.1 Å². The van der Waals surface area contributed by atoms with Crippen molar-refractivity contribution in [1.82, 2.24) is 9.38 Å². The molecule has 2 N–H and O–H groups in total. The number of aryl methyl sites for hydroxylation is 1. The van der Waals surface area contributed by atoms with Gasteiger partial charge in [0.05, 0.1) is 0 Å². The van der Waals surface area contributed by atoms with Crippen molar-refractivity contribution in [2.24, 2.45) is 5.73 Å². The second kappa shape index (κ2) is 4.24. The van der Waals surface area contributed by atoms with Crippen LogP contribution in [0.15, 0.2) is 48.7 Å². The van der Waals surface area contributed by atoms with Gasteiger partial charge in [0.15, 0.2) is 0 Å². The van der Waals surface area contributed by atoms with Gasteiger partial charge in [-0.1, -0.05) is 36.4 Å². The van der Waals surface area contributed by atoms with Gasteiger partial charge in [-0.25, -0.2) is 4.98 Å². The summed E-state index contributed by atoms with van der Waals surface area (Å²) in [5.41, 5.74) is 9.21. The van der Waals surface area contributed by atoms with Gasteiger partial charge in [0.25, 0.3) is 5.91 Å². The molecule has 3 rings (SSSR count). The number of imidazole rings is 1. The van der Waals surface area contributed by atoms with Gasteiger partial charge in [0.2, 0.25) is 0 Å². The summed E-state index contributed by atoms with van der Waals surface area (Å²) in [6.45, 7) is 1.96. The van der Waals surface area contributed by atoms with Crippen LogP contribution < -0.4 is 5.73 Å². The maximum atomic E-state index is 11.7. The van der Waals surface area contributed by atoms with Gasteiger partial charge in [-0.15, -0.1) is 0 Å². The molecule has 0 unspecified atom stereocenters. The second-order valence-corrected chi connectivity index (χ2v) is 4.47. The van der Waals surface area contributed by atoms with Crippen molar-refractivity contribution < 1.29 is 4.79 Å². The highest BCUT2D eigenvalue weighted by Gasteiger charge is 2.17. The molecule has 0 spiro atoms. The van der Waals surface area contributed by atoms with E-state index in [0.29, 0.717) is 11.4 Å². The number of pyridine rings is 1. The molecule has 0 radical (unpaired) electrons. The molecule has 1 amide bonds. The molecule has 0 bridgehead atoms. The maximum Gasteiger partial charge on any atom is 0.268 e. The molecule has 0 saturated carbocycles. The Morgan fingerprint density at radius 1 is 1.16 bits per heavy atom. The first kappa shape index (κ1) is 11.5. The van der Waals surface area contributed by atoms with E-state index in [1.54, 1.807) is 4.40 Å². The molecule has 3 aromatic rings. The zero-order valence-electron chi connectivity index (χ0n) is 10.5. The number of rotatable bonds is 2. The maximum absolute atomic E-state index is 11.7. The Hall–Kier alpha value is -2.62. The van der Waals surface area contributed by atoms with Crippen molar-refractivity contribution in [2.45, 2.75) is 6.92 Å². The average molecular weight is 251 g/mol. The molecule has 19 heavy (non-hydrogen) atoms. The number of nitrogens with zero attached hydrogens (tertiary/aromatic N) is 2. The van der Waals surface area contributed by atoms with Crippen molar-refractivity contribution in [3.8, 4) is 11.3 Å². The van der Waals surface area contributed by atoms with Gasteiger partial charge in [-0.2, -0.15) is 0 Å². The Bertz CT molecular complexity index is 760. The zero-order chi connectivity index (χ0) is 13.4. The van der Waals surface area contributed by atoms with Crippen molar-refractivity contribution in [3.63, 3.8) is 0 Å². The predicted molar refractivity (Wildman–Crippen MR) is 73.9 cm³/mol. The Balaban J connectivity index is 2.36. The van der Waals surface area contributed by atoms with Crippen molar-refractivity contribution >= 4 is 11.6 Å². The fourth-order valence-corrected chi connectivity index (χ4v) is 2.18. The largest absolute Gasteiger partial charge is 0.364 e. The lowest BCUT2D eigenvalue weighted by Gasteiger charge is -2.01. The fraction of sp³-hybridized carbons (Fsp3) is 0.0667. The summed E-state index contributed by atoms with van der Waals surface area (Å²) < 4.78 is 1.75. The third kappa shape index (κ3) is 1.87. The molecule has 4 nitrogen and oxygen atoms in total. The first-order valence-electron chi connectivity index (χ1n) is 6.01. The molecule has 2 heterocycles. The van der Waals surface area contributed by atoms with Crippen molar-refractivity contribution in [1.29, 1.82) is 0 Å². The Kier molecular flexibility index (Phi) is 2.56. The molecule has 0 atom stereocenters. The van der Waals surface area contributed by atoms with Crippen LogP contribution in [0.3, 0.4) is 0 Å². The summed E-state index contributed by atoms with van der Waals surface area (Å²) in [4.78, 5) is 16.3. The monoisotopic (exact) mass is 251 g/mol. The van der Waals surface area contributed by atoms with Gasteiger partial charge < -0.3 is 5.73 Å². The number of aromatic nitrogens is 2. The second-order valence-electron chi connectivity index (χ2n) is 4.47. The Labute approximate surface area is 110 Å². The number of carbonyl (C=O) groups excluding carboxylic acids is 1. The molecule has 94 valence electrons. The van der Waals surface area contributed by atoms with Crippen molar-refractivity contribution in [3.05, 3.63) is 59.9 Å². The van der Waals surface area contributed by atoms with E-state index in [-0.39, 0.29) is 0 Å². The summed E-state index contributed by atoms with van der Waals surface area (Å²) in [5, 5.41) is 0. The normalized spacial score (nSPS) is 10.8. The topological polar surface area (TPSA) is 60.4 Å². The van der Waals surface area contributed by atoms with Crippen LogP contribution in [0.5, 0.6) is 0 Å². The minimum absolute atomic E-state index is 0.421. The zero-order valence-corrected chi connectivity index (χ0v) is 10.5. The van der Waals surface area contributed by atoms with E-state index in [9.17, 15) is 4.79 Å². The number of benzene rings is 1. The predicted octanol–water partition coefficient (Wildman–Crippen LogP) is 2.41. The molecule has 2 aromatic heterocycles. The summed E-state index contributed by atoms with van der Waals surface area (Å²) in [7, 11) is 0. The fourth-order valence-electron chi connectivity index (χ4n) is 2.18. The lowest BCUT2D eigenvalue weighted by molar-refractivity contribution is 0.0995. The van der Waals surface area contributed by atoms with Gasteiger partial charge in [0.1, 0.15) is 17.0 Å². The highest BCUT2D eigenvalue weighted by atomic mass is 16.1. The van der Waals surface area contributed by atoms with Crippen LogP contribution in [0, 0.1) is 6.92 Å². The molecule has 0 fully saturated rings. The number of nitrogens with two attached hydrogens (primary N) is 1. The van der Waals surface area contributed by atoms with E-state index in [2.05, 4.69) is 4.98 Å². The minimum Gasteiger partial charge on any atom is -0.364 e. The van der Waals surface area contributed by atoms with Crippen LogP contribution in [0.2, 0.25) is 0 Å². The summed E-state index contributed by atoms with van der Waals surface area (Å²) >= 11 is 0. The number of primary amides is 1. The quantitative estimate of drug-likeness (QED) is 0.760. The molecular weight excluding hydrogens is 238 g/mol. The first-order chi connectivity index (χ1) is 9.16. The SMILES string of the molecule is Cc1ccc2nc(-c3ccccc3)c(C(N)=O)n2c1. The third-order valence-electron chi connectivity index (χ3n) is 3.05.